The molecule has 0 aliphatic rings. The summed E-state index contributed by atoms with van der Waals surface area (Å²) in [6.45, 7) is 2.10. The van der Waals surface area contributed by atoms with E-state index in [1.165, 1.54) is 4.90 Å². The minimum Gasteiger partial charge on any atom is -0.337 e. The lowest BCUT2D eigenvalue weighted by Gasteiger charge is -2.22. The summed E-state index contributed by atoms with van der Waals surface area (Å²) < 4.78 is 65.1. The van der Waals surface area contributed by atoms with Gasteiger partial charge >= 0.3 is 6.18 Å². The van der Waals surface area contributed by atoms with E-state index < -0.39 is 39.1 Å². The number of nitrogens with zero attached hydrogens (tertiary/aromatic N) is 1. The third-order valence-electron chi connectivity index (χ3n) is 3.95. The van der Waals surface area contributed by atoms with Gasteiger partial charge < -0.3 is 4.90 Å². The number of nitrogens with one attached hydrogen (secondary N) is 1. The van der Waals surface area contributed by atoms with Gasteiger partial charge in [-0.2, -0.15) is 13.2 Å². The highest BCUT2D eigenvalue weighted by Crippen LogP contribution is 2.30. The zero-order valence-corrected chi connectivity index (χ0v) is 16.1. The molecule has 1 N–H and O–H groups in total. The van der Waals surface area contributed by atoms with E-state index in [1.54, 1.807) is 0 Å². The van der Waals surface area contributed by atoms with Gasteiger partial charge in [0.1, 0.15) is 0 Å². The number of carbonyl (C=O) groups is 1. The van der Waals surface area contributed by atoms with E-state index in [0.717, 1.165) is 23.8 Å². The average molecular weight is 414 g/mol. The highest BCUT2D eigenvalue weighted by atomic mass is 32.2. The van der Waals surface area contributed by atoms with Gasteiger partial charge in [-0.1, -0.05) is 43.3 Å². The molecule has 1 amide bonds. The number of hydrogen-bond acceptors (Lipinski definition) is 3. The van der Waals surface area contributed by atoms with Crippen LogP contribution in [0.1, 0.15) is 24.5 Å². The van der Waals surface area contributed by atoms with Gasteiger partial charge in [0, 0.05) is 13.1 Å². The van der Waals surface area contributed by atoms with E-state index in [-0.39, 0.29) is 0 Å². The van der Waals surface area contributed by atoms with E-state index in [0.29, 0.717) is 25.6 Å². The maximum Gasteiger partial charge on any atom is 0.416 e. The smallest absolute Gasteiger partial charge is 0.337 e. The molecule has 0 saturated heterocycles. The number of halogens is 3. The van der Waals surface area contributed by atoms with Crippen LogP contribution in [0, 0.1) is 0 Å². The number of amides is 1. The predicted molar refractivity (Wildman–Crippen MR) is 98.8 cm³/mol. The van der Waals surface area contributed by atoms with Crippen molar-refractivity contribution in [3.05, 3.63) is 65.7 Å². The largest absolute Gasteiger partial charge is 0.416 e. The molecule has 0 aliphatic carbocycles. The molecule has 0 aromatic heterocycles. The van der Waals surface area contributed by atoms with Crippen LogP contribution in [0.25, 0.3) is 0 Å². The molecule has 152 valence electrons. The summed E-state index contributed by atoms with van der Waals surface area (Å²) in [5, 5.41) is 0. The van der Waals surface area contributed by atoms with Gasteiger partial charge in [0.05, 0.1) is 17.0 Å². The summed E-state index contributed by atoms with van der Waals surface area (Å²) in [7, 11) is -4.26. The number of carbonyl (C=O) groups excluding carboxylic acids is 1. The van der Waals surface area contributed by atoms with Crippen molar-refractivity contribution < 1.29 is 26.4 Å². The van der Waals surface area contributed by atoms with Crippen LogP contribution in [0.4, 0.5) is 13.2 Å². The third-order valence-corrected chi connectivity index (χ3v) is 5.35. The molecule has 0 atom stereocenters. The molecule has 0 heterocycles. The molecule has 2 aromatic carbocycles. The average Bonchev–Trinajstić information content (AvgIpc) is 2.66. The van der Waals surface area contributed by atoms with Crippen LogP contribution in [-0.2, 0) is 27.5 Å². The minimum absolute atomic E-state index is 0.318. The van der Waals surface area contributed by atoms with Crippen LogP contribution in [0.3, 0.4) is 0 Å². The first-order valence-corrected chi connectivity index (χ1v) is 10.1. The number of alkyl halides is 3. The fraction of sp³-hybridized carbons (Fsp3) is 0.316. The summed E-state index contributed by atoms with van der Waals surface area (Å²) in [5.74, 6) is -0.457. The highest BCUT2D eigenvalue weighted by Gasteiger charge is 2.31. The maximum atomic E-state index is 12.8. The number of sulfonamides is 1. The van der Waals surface area contributed by atoms with Crippen molar-refractivity contribution in [2.75, 3.05) is 13.1 Å². The molecule has 0 aliphatic heterocycles. The molecular weight excluding hydrogens is 393 g/mol. The Morgan fingerprint density at radius 3 is 2.36 bits per heavy atom. The van der Waals surface area contributed by atoms with Crippen molar-refractivity contribution in [3.8, 4) is 0 Å². The second-order valence-corrected chi connectivity index (χ2v) is 7.92. The Morgan fingerprint density at radius 1 is 1.07 bits per heavy atom. The topological polar surface area (TPSA) is 66.5 Å². The molecule has 9 heteroatoms. The molecule has 0 saturated carbocycles. The number of hydrogen-bond donors (Lipinski definition) is 1. The van der Waals surface area contributed by atoms with Gasteiger partial charge in [0.15, 0.2) is 0 Å². The summed E-state index contributed by atoms with van der Waals surface area (Å²) in [5.41, 5.74) is -0.177. The van der Waals surface area contributed by atoms with E-state index in [9.17, 15) is 26.4 Å². The Hall–Kier alpha value is -2.39. The predicted octanol–water partition coefficient (Wildman–Crippen LogP) is 3.42. The summed E-state index contributed by atoms with van der Waals surface area (Å²) in [4.78, 5) is 13.4. The van der Waals surface area contributed by atoms with Crippen molar-refractivity contribution in [2.24, 2.45) is 0 Å². The molecule has 2 rings (SSSR count). The molecule has 0 fully saturated rings. The molecule has 0 bridgehead atoms. The highest BCUT2D eigenvalue weighted by molar-refractivity contribution is 7.89. The Morgan fingerprint density at radius 2 is 1.75 bits per heavy atom. The Bertz CT molecular complexity index is 900. The van der Waals surface area contributed by atoms with Crippen LogP contribution in [0.5, 0.6) is 0 Å². The van der Waals surface area contributed by atoms with E-state index >= 15 is 0 Å². The first-order chi connectivity index (χ1) is 13.1. The fourth-order valence-corrected chi connectivity index (χ4v) is 3.58. The molecular formula is C19H21F3N2O3S. The van der Waals surface area contributed by atoms with Crippen LogP contribution in [0.2, 0.25) is 0 Å². The van der Waals surface area contributed by atoms with Gasteiger partial charge in [-0.05, 0) is 30.2 Å². The normalized spacial score (nSPS) is 12.0. The van der Waals surface area contributed by atoms with Gasteiger partial charge in [0.25, 0.3) is 0 Å². The van der Waals surface area contributed by atoms with Crippen LogP contribution < -0.4 is 4.72 Å². The third kappa shape index (κ3) is 6.07. The van der Waals surface area contributed by atoms with E-state index in [2.05, 4.69) is 4.72 Å². The van der Waals surface area contributed by atoms with Gasteiger partial charge in [0.2, 0.25) is 15.9 Å². The first kappa shape index (κ1) is 21.9. The molecule has 5 nitrogen and oxygen atoms in total. The monoisotopic (exact) mass is 414 g/mol. The quantitative estimate of drug-likeness (QED) is 0.720. The number of rotatable bonds is 8. The summed E-state index contributed by atoms with van der Waals surface area (Å²) >= 11 is 0. The molecule has 0 radical (unpaired) electrons. The Labute approximate surface area is 162 Å². The Balaban J connectivity index is 2.08. The van der Waals surface area contributed by atoms with Crippen LogP contribution in [-0.4, -0.2) is 32.3 Å². The van der Waals surface area contributed by atoms with Gasteiger partial charge in [-0.3, -0.25) is 4.79 Å². The van der Waals surface area contributed by atoms with Gasteiger partial charge in [-0.25, -0.2) is 13.1 Å². The van der Waals surface area contributed by atoms with Crippen molar-refractivity contribution in [3.63, 3.8) is 0 Å². The van der Waals surface area contributed by atoms with Gasteiger partial charge in [-0.15, -0.1) is 0 Å². The fourth-order valence-electron chi connectivity index (χ4n) is 2.56. The van der Waals surface area contributed by atoms with Crippen LogP contribution >= 0.6 is 0 Å². The standard InChI is InChI=1S/C19H21F3N2O3S/c1-2-11-24(14-15-7-4-3-5-8-15)18(25)13-23-28(26,27)17-10-6-9-16(12-17)19(20,21)22/h3-10,12,23H,2,11,13-14H2,1H3. The lowest BCUT2D eigenvalue weighted by molar-refractivity contribution is -0.137. The molecule has 28 heavy (non-hydrogen) atoms. The van der Waals surface area contributed by atoms with E-state index in [1.807, 2.05) is 37.3 Å². The van der Waals surface area contributed by atoms with Crippen molar-refractivity contribution in [2.45, 2.75) is 31.0 Å². The lowest BCUT2D eigenvalue weighted by Crippen LogP contribution is -2.40. The summed E-state index contributed by atoms with van der Waals surface area (Å²) in [6, 6.07) is 12.6. The van der Waals surface area contributed by atoms with Crippen molar-refractivity contribution >= 4 is 15.9 Å². The Kier molecular flexibility index (Phi) is 7.20. The van der Waals surface area contributed by atoms with Crippen molar-refractivity contribution in [1.82, 2.24) is 9.62 Å². The minimum atomic E-state index is -4.66. The molecule has 0 spiro atoms. The summed E-state index contributed by atoms with van der Waals surface area (Å²) in [6.07, 6.45) is -3.98. The lowest BCUT2D eigenvalue weighted by atomic mass is 10.2. The van der Waals surface area contributed by atoms with E-state index in [4.69, 9.17) is 0 Å². The second kappa shape index (κ2) is 9.20. The second-order valence-electron chi connectivity index (χ2n) is 6.15. The molecule has 0 unspecified atom stereocenters. The first-order valence-electron chi connectivity index (χ1n) is 8.62. The zero-order valence-electron chi connectivity index (χ0n) is 15.2. The maximum absolute atomic E-state index is 12.8. The van der Waals surface area contributed by atoms with Crippen molar-refractivity contribution in [1.29, 1.82) is 0 Å². The van der Waals surface area contributed by atoms with Crippen LogP contribution in [0.15, 0.2) is 59.5 Å². The SMILES string of the molecule is CCCN(Cc1ccccc1)C(=O)CNS(=O)(=O)c1cccc(C(F)(F)F)c1. The number of benzene rings is 2. The zero-order chi connectivity index (χ0) is 20.8. The molecule has 2 aromatic rings.